The summed E-state index contributed by atoms with van der Waals surface area (Å²) in [6, 6.07) is 0.467. The lowest BCUT2D eigenvalue weighted by Gasteiger charge is -2.09. The van der Waals surface area contributed by atoms with Gasteiger partial charge < -0.3 is 21.1 Å². The van der Waals surface area contributed by atoms with Gasteiger partial charge in [0.2, 0.25) is 0 Å². The van der Waals surface area contributed by atoms with E-state index in [0.717, 1.165) is 0 Å². The van der Waals surface area contributed by atoms with Crippen LogP contribution in [0.5, 0.6) is 0 Å². The highest BCUT2D eigenvalue weighted by Crippen LogP contribution is 2.11. The summed E-state index contributed by atoms with van der Waals surface area (Å²) in [5.41, 5.74) is 5.98. The highest BCUT2D eigenvalue weighted by Gasteiger charge is 2.00. The van der Waals surface area contributed by atoms with Crippen molar-refractivity contribution in [3.63, 3.8) is 0 Å². The van der Waals surface area contributed by atoms with Crippen LogP contribution in [0.25, 0.3) is 0 Å². The van der Waals surface area contributed by atoms with E-state index in [1.165, 1.54) is 77.0 Å². The van der Waals surface area contributed by atoms with Gasteiger partial charge in [0, 0.05) is 6.04 Å². The summed E-state index contributed by atoms with van der Waals surface area (Å²) in [7, 11) is 0. The fourth-order valence-corrected chi connectivity index (χ4v) is 2.23. The maximum Gasteiger partial charge on any atom is 0.263 e. The maximum absolute atomic E-state index is 7.17. The van der Waals surface area contributed by atoms with Crippen LogP contribution in [-0.4, -0.2) is 27.8 Å². The predicted molar refractivity (Wildman–Crippen MR) is 85.2 cm³/mol. The molecular formula is C16H37NO3. The average Bonchev–Trinajstić information content (AvgIpc) is 2.36. The lowest BCUT2D eigenvalue weighted by molar-refractivity contribution is -0.198. The normalized spacial score (nSPS) is 12.2. The van der Waals surface area contributed by atoms with Crippen LogP contribution < -0.4 is 5.73 Å². The monoisotopic (exact) mass is 291 g/mol. The molecule has 0 saturated carbocycles. The standard InChI is InChI=1S/C15H33N.CH4O3/c1-3-5-6-7-8-9-10-11-12-14-15(16)13-4-2;2-1(3)4/h15H,3-14,16H2,1-2H3;1-4H. The van der Waals surface area contributed by atoms with Crippen LogP contribution in [0.15, 0.2) is 0 Å². The van der Waals surface area contributed by atoms with E-state index in [9.17, 15) is 0 Å². The van der Waals surface area contributed by atoms with Crippen molar-refractivity contribution in [3.8, 4) is 0 Å². The number of nitrogens with two attached hydrogens (primary N) is 1. The largest absolute Gasteiger partial charge is 0.346 e. The van der Waals surface area contributed by atoms with Gasteiger partial charge in [0.1, 0.15) is 0 Å². The summed E-state index contributed by atoms with van der Waals surface area (Å²) in [5, 5.41) is 21.5. The van der Waals surface area contributed by atoms with Crippen LogP contribution in [-0.2, 0) is 0 Å². The van der Waals surface area contributed by atoms with E-state index < -0.39 is 6.48 Å². The molecule has 124 valence electrons. The Morgan fingerprint density at radius 1 is 0.650 bits per heavy atom. The van der Waals surface area contributed by atoms with Gasteiger partial charge in [-0.3, -0.25) is 0 Å². The van der Waals surface area contributed by atoms with E-state index in [2.05, 4.69) is 13.8 Å². The van der Waals surface area contributed by atoms with E-state index in [0.29, 0.717) is 6.04 Å². The number of hydrogen-bond acceptors (Lipinski definition) is 4. The van der Waals surface area contributed by atoms with E-state index in [1.54, 1.807) is 0 Å². The number of unbranched alkanes of at least 4 members (excludes halogenated alkanes) is 8. The number of aliphatic hydroxyl groups excluding tert-OH is 1. The van der Waals surface area contributed by atoms with Crippen molar-refractivity contribution in [1.29, 1.82) is 0 Å². The molecule has 0 amide bonds. The Labute approximate surface area is 125 Å². The fraction of sp³-hybridized carbons (Fsp3) is 1.00. The molecule has 0 saturated heterocycles. The molecule has 0 rings (SSSR count). The van der Waals surface area contributed by atoms with E-state index in [1.807, 2.05) is 0 Å². The van der Waals surface area contributed by atoms with Crippen molar-refractivity contribution in [2.75, 3.05) is 0 Å². The van der Waals surface area contributed by atoms with Crippen LogP contribution in [0, 0.1) is 0 Å². The molecule has 0 radical (unpaired) electrons. The second-order valence-corrected chi connectivity index (χ2v) is 5.51. The molecule has 0 aromatic heterocycles. The summed E-state index contributed by atoms with van der Waals surface area (Å²) in [6.45, 7) is 2.33. The number of rotatable bonds is 12. The van der Waals surface area contributed by atoms with Crippen molar-refractivity contribution in [1.82, 2.24) is 0 Å². The first-order valence-corrected chi connectivity index (χ1v) is 8.34. The first kappa shape index (κ1) is 22.1. The van der Waals surface area contributed by atoms with Gasteiger partial charge in [-0.25, -0.2) is 0 Å². The predicted octanol–water partition coefficient (Wildman–Crippen LogP) is 3.28. The molecule has 0 bridgehead atoms. The van der Waals surface area contributed by atoms with Crippen LogP contribution in [0.4, 0.5) is 0 Å². The van der Waals surface area contributed by atoms with Crippen molar-refractivity contribution in [3.05, 3.63) is 0 Å². The molecule has 0 heterocycles. The first-order valence-electron chi connectivity index (χ1n) is 8.34. The minimum atomic E-state index is -2.17. The summed E-state index contributed by atoms with van der Waals surface area (Å²) < 4.78 is 0. The average molecular weight is 291 g/mol. The van der Waals surface area contributed by atoms with Gasteiger partial charge in [0.15, 0.2) is 0 Å². The molecule has 4 heteroatoms. The van der Waals surface area contributed by atoms with Gasteiger partial charge in [-0.1, -0.05) is 78.1 Å². The van der Waals surface area contributed by atoms with Crippen LogP contribution >= 0.6 is 0 Å². The van der Waals surface area contributed by atoms with Gasteiger partial charge in [-0.05, 0) is 12.8 Å². The molecule has 0 fully saturated rings. The van der Waals surface area contributed by atoms with Crippen molar-refractivity contribution >= 4 is 0 Å². The SMILES string of the molecule is CCCCCCCCCCCC(N)CCC.OC(O)O. The molecule has 0 aliphatic carbocycles. The van der Waals surface area contributed by atoms with Crippen LogP contribution in [0.2, 0.25) is 0 Å². The van der Waals surface area contributed by atoms with Crippen molar-refractivity contribution < 1.29 is 15.3 Å². The molecule has 20 heavy (non-hydrogen) atoms. The molecule has 0 aromatic carbocycles. The smallest absolute Gasteiger partial charge is 0.263 e. The Balaban J connectivity index is 0. The molecule has 1 atom stereocenters. The topological polar surface area (TPSA) is 86.7 Å². The molecule has 0 aliphatic heterocycles. The fourth-order valence-electron chi connectivity index (χ4n) is 2.23. The Morgan fingerprint density at radius 2 is 1.05 bits per heavy atom. The molecule has 4 nitrogen and oxygen atoms in total. The first-order chi connectivity index (χ1) is 9.54. The van der Waals surface area contributed by atoms with Gasteiger partial charge in [-0.15, -0.1) is 0 Å². The number of aliphatic hydroxyl groups is 3. The van der Waals surface area contributed by atoms with Crippen LogP contribution in [0.3, 0.4) is 0 Å². The summed E-state index contributed by atoms with van der Waals surface area (Å²) in [4.78, 5) is 0. The minimum absolute atomic E-state index is 0.467. The molecule has 0 spiro atoms. The number of hydrogen-bond donors (Lipinski definition) is 4. The molecular weight excluding hydrogens is 254 g/mol. The Kier molecular flexibility index (Phi) is 20.8. The molecule has 0 aromatic rings. The highest BCUT2D eigenvalue weighted by atomic mass is 16.6. The van der Waals surface area contributed by atoms with E-state index in [4.69, 9.17) is 21.1 Å². The van der Waals surface area contributed by atoms with Crippen molar-refractivity contribution in [2.45, 2.75) is 103 Å². The Morgan fingerprint density at radius 3 is 1.45 bits per heavy atom. The van der Waals surface area contributed by atoms with Gasteiger partial charge >= 0.3 is 0 Å². The second-order valence-electron chi connectivity index (χ2n) is 5.51. The second kappa shape index (κ2) is 18.8. The quantitative estimate of drug-likeness (QED) is 0.328. The third-order valence-electron chi connectivity index (χ3n) is 3.34. The lowest BCUT2D eigenvalue weighted by atomic mass is 10.0. The van der Waals surface area contributed by atoms with Crippen LogP contribution in [0.1, 0.15) is 90.9 Å². The summed E-state index contributed by atoms with van der Waals surface area (Å²) >= 11 is 0. The zero-order chi connectivity index (χ0) is 15.6. The Hall–Kier alpha value is -0.160. The summed E-state index contributed by atoms with van der Waals surface area (Å²) in [6.07, 6.45) is 16.4. The van der Waals surface area contributed by atoms with Gasteiger partial charge in [-0.2, -0.15) is 0 Å². The van der Waals surface area contributed by atoms with Crippen molar-refractivity contribution in [2.24, 2.45) is 5.73 Å². The highest BCUT2D eigenvalue weighted by molar-refractivity contribution is 4.60. The van der Waals surface area contributed by atoms with E-state index in [-0.39, 0.29) is 0 Å². The van der Waals surface area contributed by atoms with Gasteiger partial charge in [0.25, 0.3) is 6.48 Å². The Bertz CT molecular complexity index is 163. The molecule has 5 N–H and O–H groups in total. The maximum atomic E-state index is 7.17. The van der Waals surface area contributed by atoms with E-state index >= 15 is 0 Å². The zero-order valence-electron chi connectivity index (χ0n) is 13.6. The molecule has 0 aliphatic rings. The zero-order valence-corrected chi connectivity index (χ0v) is 13.6. The summed E-state index contributed by atoms with van der Waals surface area (Å²) in [5.74, 6) is 0. The van der Waals surface area contributed by atoms with Gasteiger partial charge in [0.05, 0.1) is 0 Å². The lowest BCUT2D eigenvalue weighted by Crippen LogP contribution is -2.18. The molecule has 1 unspecified atom stereocenters. The third-order valence-corrected chi connectivity index (χ3v) is 3.34. The third kappa shape index (κ3) is 26.4. The minimum Gasteiger partial charge on any atom is -0.346 e.